The van der Waals surface area contributed by atoms with Gasteiger partial charge < -0.3 is 10.0 Å². The number of β-amino-alcohol motifs (C(OH)–C–C–N with tert-alkyl or cyclic N) is 1. The molecule has 18 heavy (non-hydrogen) atoms. The van der Waals surface area contributed by atoms with Crippen LogP contribution < -0.4 is 0 Å². The van der Waals surface area contributed by atoms with E-state index in [-0.39, 0.29) is 5.91 Å². The third kappa shape index (κ3) is 1.84. The van der Waals surface area contributed by atoms with Gasteiger partial charge in [-0.05, 0) is 17.9 Å². The minimum absolute atomic E-state index is 0.0941. The Hall–Kier alpha value is -1.94. The van der Waals surface area contributed by atoms with E-state index in [1.807, 2.05) is 30.3 Å². The molecule has 0 aliphatic carbocycles. The van der Waals surface area contributed by atoms with Crippen LogP contribution in [0.4, 0.5) is 0 Å². The number of hydrogen-bond donors (Lipinski definition) is 1. The minimum Gasteiger partial charge on any atom is -0.391 e. The number of likely N-dealkylation sites (tertiary alicyclic amines) is 1. The third-order valence-corrected chi connectivity index (χ3v) is 3.33. The molecule has 1 aromatic heterocycles. The summed E-state index contributed by atoms with van der Waals surface area (Å²) in [4.78, 5) is 18.2. The second-order valence-corrected chi connectivity index (χ2v) is 4.57. The number of aromatic nitrogens is 1. The maximum Gasteiger partial charge on any atom is 0.273 e. The van der Waals surface area contributed by atoms with Gasteiger partial charge in [-0.3, -0.25) is 9.78 Å². The molecule has 1 N–H and O–H groups in total. The van der Waals surface area contributed by atoms with Gasteiger partial charge >= 0.3 is 0 Å². The Kier molecular flexibility index (Phi) is 2.72. The molecule has 1 atom stereocenters. The Morgan fingerprint density at radius 2 is 2.17 bits per heavy atom. The number of aliphatic hydroxyl groups excluding tert-OH is 1. The monoisotopic (exact) mass is 242 g/mol. The maximum absolute atomic E-state index is 12.4. The van der Waals surface area contributed by atoms with E-state index >= 15 is 0 Å². The summed E-state index contributed by atoms with van der Waals surface area (Å²) >= 11 is 0. The molecule has 1 aliphatic heterocycles. The molecule has 1 aromatic carbocycles. The summed E-state index contributed by atoms with van der Waals surface area (Å²) < 4.78 is 0. The summed E-state index contributed by atoms with van der Waals surface area (Å²) in [6.45, 7) is 1.01. The van der Waals surface area contributed by atoms with Crippen LogP contribution in [-0.2, 0) is 0 Å². The van der Waals surface area contributed by atoms with Crippen molar-refractivity contribution in [3.63, 3.8) is 0 Å². The van der Waals surface area contributed by atoms with Crippen molar-refractivity contribution in [2.75, 3.05) is 13.1 Å². The van der Waals surface area contributed by atoms with Crippen LogP contribution in [-0.4, -0.2) is 40.1 Å². The van der Waals surface area contributed by atoms with E-state index in [4.69, 9.17) is 0 Å². The largest absolute Gasteiger partial charge is 0.391 e. The average molecular weight is 242 g/mol. The molecule has 1 amide bonds. The molecule has 1 aliphatic rings. The molecule has 0 saturated carbocycles. The van der Waals surface area contributed by atoms with Gasteiger partial charge in [0.25, 0.3) is 5.91 Å². The molecule has 4 heteroatoms. The zero-order valence-electron chi connectivity index (χ0n) is 9.91. The Balaban J connectivity index is 2.01. The summed E-state index contributed by atoms with van der Waals surface area (Å²) in [7, 11) is 0. The molecule has 0 spiro atoms. The van der Waals surface area contributed by atoms with Gasteiger partial charge in [0.05, 0.1) is 6.10 Å². The molecule has 1 unspecified atom stereocenters. The number of nitrogens with zero attached hydrogens (tertiary/aromatic N) is 2. The molecule has 2 heterocycles. The first-order chi connectivity index (χ1) is 8.75. The Labute approximate surface area is 105 Å². The van der Waals surface area contributed by atoms with E-state index in [2.05, 4.69) is 4.98 Å². The van der Waals surface area contributed by atoms with Crippen LogP contribution in [0.2, 0.25) is 0 Å². The van der Waals surface area contributed by atoms with E-state index in [9.17, 15) is 9.90 Å². The Morgan fingerprint density at radius 1 is 1.33 bits per heavy atom. The molecule has 2 aromatic rings. The lowest BCUT2D eigenvalue weighted by atomic mass is 10.1. The van der Waals surface area contributed by atoms with Crippen molar-refractivity contribution in [3.8, 4) is 0 Å². The van der Waals surface area contributed by atoms with Crippen molar-refractivity contribution in [2.24, 2.45) is 0 Å². The highest BCUT2D eigenvalue weighted by Gasteiger charge is 2.26. The van der Waals surface area contributed by atoms with Crippen LogP contribution >= 0.6 is 0 Å². The Bertz CT molecular complexity index is 592. The molecular weight excluding hydrogens is 228 g/mol. The minimum atomic E-state index is -0.399. The highest BCUT2D eigenvalue weighted by Crippen LogP contribution is 2.19. The molecular formula is C14H14N2O2. The lowest BCUT2D eigenvalue weighted by molar-refractivity contribution is 0.0761. The van der Waals surface area contributed by atoms with Crippen LogP contribution in [0.5, 0.6) is 0 Å². The van der Waals surface area contributed by atoms with Crippen LogP contribution in [0.1, 0.15) is 16.9 Å². The van der Waals surface area contributed by atoms with Crippen molar-refractivity contribution in [1.29, 1.82) is 0 Å². The van der Waals surface area contributed by atoms with Crippen LogP contribution in [0.3, 0.4) is 0 Å². The van der Waals surface area contributed by atoms with Crippen LogP contribution in [0, 0.1) is 0 Å². The molecule has 1 saturated heterocycles. The highest BCUT2D eigenvalue weighted by molar-refractivity contribution is 6.05. The number of carbonyl (C=O) groups is 1. The summed E-state index contributed by atoms with van der Waals surface area (Å²) in [5.74, 6) is -0.0941. The number of amides is 1. The summed E-state index contributed by atoms with van der Waals surface area (Å²) in [6.07, 6.45) is 1.90. The second-order valence-electron chi connectivity index (χ2n) is 4.57. The number of fused-ring (bicyclic) bond motifs is 1. The van der Waals surface area contributed by atoms with Gasteiger partial charge in [-0.15, -0.1) is 0 Å². The van der Waals surface area contributed by atoms with Crippen molar-refractivity contribution < 1.29 is 9.90 Å². The Morgan fingerprint density at radius 3 is 2.94 bits per heavy atom. The molecule has 0 radical (unpaired) electrons. The van der Waals surface area contributed by atoms with Gasteiger partial charge in [-0.2, -0.15) is 0 Å². The van der Waals surface area contributed by atoms with Gasteiger partial charge in [0.15, 0.2) is 0 Å². The van der Waals surface area contributed by atoms with Crippen LogP contribution in [0.15, 0.2) is 36.5 Å². The zero-order chi connectivity index (χ0) is 12.5. The quantitative estimate of drug-likeness (QED) is 0.823. The van der Waals surface area contributed by atoms with Gasteiger partial charge in [0.2, 0.25) is 0 Å². The number of rotatable bonds is 1. The first kappa shape index (κ1) is 11.2. The number of benzene rings is 1. The molecule has 3 rings (SSSR count). The highest BCUT2D eigenvalue weighted by atomic mass is 16.3. The van der Waals surface area contributed by atoms with Crippen LogP contribution in [0.25, 0.3) is 10.8 Å². The van der Waals surface area contributed by atoms with Gasteiger partial charge in [0, 0.05) is 24.7 Å². The second kappa shape index (κ2) is 4.38. The predicted octanol–water partition coefficient (Wildman–Crippen LogP) is 1.44. The van der Waals surface area contributed by atoms with Gasteiger partial charge in [-0.1, -0.05) is 24.3 Å². The SMILES string of the molecule is O=C(c1nccc2ccccc12)N1CCC(O)C1. The first-order valence-corrected chi connectivity index (χ1v) is 6.07. The lowest BCUT2D eigenvalue weighted by Crippen LogP contribution is -2.30. The van der Waals surface area contributed by atoms with Crippen molar-refractivity contribution in [1.82, 2.24) is 9.88 Å². The van der Waals surface area contributed by atoms with E-state index < -0.39 is 6.10 Å². The first-order valence-electron chi connectivity index (χ1n) is 6.07. The zero-order valence-corrected chi connectivity index (χ0v) is 9.91. The van der Waals surface area contributed by atoms with Crippen molar-refractivity contribution in [2.45, 2.75) is 12.5 Å². The van der Waals surface area contributed by atoms with E-state index in [1.54, 1.807) is 11.1 Å². The van der Waals surface area contributed by atoms with Crippen molar-refractivity contribution in [3.05, 3.63) is 42.2 Å². The molecule has 4 nitrogen and oxygen atoms in total. The predicted molar refractivity (Wildman–Crippen MR) is 68.3 cm³/mol. The standard InChI is InChI=1S/C14H14N2O2/c17-11-6-8-16(9-11)14(18)13-12-4-2-1-3-10(12)5-7-15-13/h1-5,7,11,17H,6,8-9H2. The third-order valence-electron chi connectivity index (χ3n) is 3.33. The molecule has 92 valence electrons. The normalized spacial score (nSPS) is 19.4. The van der Waals surface area contributed by atoms with E-state index in [1.165, 1.54) is 0 Å². The van der Waals surface area contributed by atoms with Crippen molar-refractivity contribution >= 4 is 16.7 Å². The smallest absolute Gasteiger partial charge is 0.273 e. The van der Waals surface area contributed by atoms with E-state index in [0.717, 1.165) is 10.8 Å². The number of carbonyl (C=O) groups excluding carboxylic acids is 1. The molecule has 1 fully saturated rings. The number of hydrogen-bond acceptors (Lipinski definition) is 3. The fourth-order valence-electron chi connectivity index (χ4n) is 2.37. The van der Waals surface area contributed by atoms with E-state index in [0.29, 0.717) is 25.2 Å². The summed E-state index contributed by atoms with van der Waals surface area (Å²) in [6, 6.07) is 9.61. The molecule has 0 bridgehead atoms. The fraction of sp³-hybridized carbons (Fsp3) is 0.286. The average Bonchev–Trinajstić information content (AvgIpc) is 2.84. The van der Waals surface area contributed by atoms with Gasteiger partial charge in [0.1, 0.15) is 5.69 Å². The topological polar surface area (TPSA) is 53.4 Å². The van der Waals surface area contributed by atoms with Gasteiger partial charge in [-0.25, -0.2) is 0 Å². The number of pyridine rings is 1. The fourth-order valence-corrected chi connectivity index (χ4v) is 2.37. The number of aliphatic hydroxyl groups is 1. The maximum atomic E-state index is 12.4. The lowest BCUT2D eigenvalue weighted by Gasteiger charge is -2.15. The summed E-state index contributed by atoms with van der Waals surface area (Å²) in [5, 5.41) is 11.4. The summed E-state index contributed by atoms with van der Waals surface area (Å²) in [5.41, 5.74) is 0.474.